The van der Waals surface area contributed by atoms with Crippen molar-refractivity contribution in [2.75, 3.05) is 26.4 Å². The van der Waals surface area contributed by atoms with E-state index in [0.717, 1.165) is 12.8 Å². The Labute approximate surface area is 197 Å². The third-order valence-electron chi connectivity index (χ3n) is 5.54. The molecule has 182 valence electrons. The van der Waals surface area contributed by atoms with Gasteiger partial charge in [0.15, 0.2) is 0 Å². The molecular weight excluding hydrogens is 420 g/mol. The maximum atomic E-state index is 12.5. The highest BCUT2D eigenvalue weighted by Crippen LogP contribution is 2.36. The van der Waals surface area contributed by atoms with Crippen LogP contribution in [0, 0.1) is 17.3 Å². The summed E-state index contributed by atoms with van der Waals surface area (Å²) in [6.45, 7) is 8.69. The quantitative estimate of drug-likeness (QED) is 0.472. The summed E-state index contributed by atoms with van der Waals surface area (Å²) in [7, 11) is 0. The van der Waals surface area contributed by atoms with Crippen LogP contribution in [0.4, 0.5) is 0 Å². The van der Waals surface area contributed by atoms with Crippen molar-refractivity contribution >= 4 is 11.9 Å². The van der Waals surface area contributed by atoms with E-state index in [1.807, 2.05) is 36.4 Å². The maximum Gasteiger partial charge on any atom is 0.338 e. The SMILES string of the molecule is CC(C)CCC(COC(=O)c1ccccc1)(COC(=O)c1ccccc1)C(C)C.OCCO. The Hall–Kier alpha value is -2.70. The van der Waals surface area contributed by atoms with Crippen LogP contribution in [0.25, 0.3) is 0 Å². The van der Waals surface area contributed by atoms with E-state index in [2.05, 4.69) is 27.7 Å². The summed E-state index contributed by atoms with van der Waals surface area (Å²) in [6, 6.07) is 17.9. The number of ether oxygens (including phenoxy) is 2. The molecule has 0 saturated carbocycles. The molecule has 0 atom stereocenters. The summed E-state index contributed by atoms with van der Waals surface area (Å²) in [5.74, 6) is -0.0275. The lowest BCUT2D eigenvalue weighted by Crippen LogP contribution is -2.39. The number of esters is 2. The van der Waals surface area contributed by atoms with Crippen LogP contribution in [0.2, 0.25) is 0 Å². The Bertz CT molecular complexity index is 744. The van der Waals surface area contributed by atoms with Crippen molar-refractivity contribution in [3.63, 3.8) is 0 Å². The summed E-state index contributed by atoms with van der Waals surface area (Å²) in [6.07, 6.45) is 1.77. The minimum atomic E-state index is -0.431. The van der Waals surface area contributed by atoms with E-state index in [4.69, 9.17) is 19.7 Å². The first-order valence-electron chi connectivity index (χ1n) is 11.4. The number of benzene rings is 2. The first-order valence-corrected chi connectivity index (χ1v) is 11.4. The molecule has 0 aliphatic carbocycles. The Morgan fingerprint density at radius 1 is 0.758 bits per heavy atom. The van der Waals surface area contributed by atoms with Crippen molar-refractivity contribution in [2.24, 2.45) is 17.3 Å². The first kappa shape index (κ1) is 28.3. The van der Waals surface area contributed by atoms with Gasteiger partial charge in [-0.3, -0.25) is 0 Å². The average molecular weight is 459 g/mol. The molecular formula is C27H38O6. The van der Waals surface area contributed by atoms with Gasteiger partial charge in [-0.1, -0.05) is 70.5 Å². The number of aliphatic hydroxyl groups excluding tert-OH is 2. The highest BCUT2D eigenvalue weighted by molar-refractivity contribution is 5.89. The van der Waals surface area contributed by atoms with Crippen LogP contribution >= 0.6 is 0 Å². The largest absolute Gasteiger partial charge is 0.461 e. The highest BCUT2D eigenvalue weighted by atomic mass is 16.5. The van der Waals surface area contributed by atoms with Crippen LogP contribution in [-0.4, -0.2) is 48.6 Å². The van der Waals surface area contributed by atoms with Crippen LogP contribution in [-0.2, 0) is 9.47 Å². The van der Waals surface area contributed by atoms with Gasteiger partial charge in [0.1, 0.15) is 13.2 Å². The molecule has 2 aromatic rings. The summed E-state index contributed by atoms with van der Waals surface area (Å²) >= 11 is 0. The minimum absolute atomic E-state index is 0.125. The number of carbonyl (C=O) groups excluding carboxylic acids is 2. The van der Waals surface area contributed by atoms with Gasteiger partial charge in [0.25, 0.3) is 0 Å². The summed E-state index contributed by atoms with van der Waals surface area (Å²) in [5.41, 5.74) is 0.615. The number of hydrogen-bond acceptors (Lipinski definition) is 6. The fourth-order valence-electron chi connectivity index (χ4n) is 3.12. The molecule has 2 aromatic carbocycles. The zero-order valence-electron chi connectivity index (χ0n) is 20.2. The second kappa shape index (κ2) is 15.2. The van der Waals surface area contributed by atoms with Crippen molar-refractivity contribution in [2.45, 2.75) is 40.5 Å². The molecule has 6 heteroatoms. The molecule has 6 nitrogen and oxygen atoms in total. The fourth-order valence-corrected chi connectivity index (χ4v) is 3.12. The summed E-state index contributed by atoms with van der Waals surface area (Å²) in [4.78, 5) is 25.0. The fraction of sp³-hybridized carbons (Fsp3) is 0.481. The highest BCUT2D eigenvalue weighted by Gasteiger charge is 2.37. The predicted molar refractivity (Wildman–Crippen MR) is 129 cm³/mol. The van der Waals surface area contributed by atoms with E-state index < -0.39 is 5.41 Å². The standard InChI is InChI=1S/C25H32O4.C2H6O2/c1-19(2)15-16-25(20(3)4,17-28-23(26)21-11-7-5-8-12-21)18-29-24(27)22-13-9-6-10-14-22;3-1-2-4/h5-14,19-20H,15-18H2,1-4H3;3-4H,1-2H2. The lowest BCUT2D eigenvalue weighted by atomic mass is 9.73. The van der Waals surface area contributed by atoms with Crippen molar-refractivity contribution in [3.8, 4) is 0 Å². The van der Waals surface area contributed by atoms with Gasteiger partial charge < -0.3 is 19.7 Å². The molecule has 0 heterocycles. The van der Waals surface area contributed by atoms with E-state index in [9.17, 15) is 9.59 Å². The lowest BCUT2D eigenvalue weighted by Gasteiger charge is -2.37. The van der Waals surface area contributed by atoms with E-state index >= 15 is 0 Å². The van der Waals surface area contributed by atoms with Gasteiger partial charge in [-0.05, 0) is 42.5 Å². The first-order chi connectivity index (χ1) is 15.8. The molecule has 0 aromatic heterocycles. The minimum Gasteiger partial charge on any atom is -0.461 e. The monoisotopic (exact) mass is 458 g/mol. The van der Waals surface area contributed by atoms with Crippen LogP contribution in [0.5, 0.6) is 0 Å². The van der Waals surface area contributed by atoms with Gasteiger partial charge >= 0.3 is 11.9 Å². The molecule has 2 N–H and O–H groups in total. The number of aliphatic hydroxyl groups is 2. The maximum absolute atomic E-state index is 12.5. The smallest absolute Gasteiger partial charge is 0.338 e. The molecule has 0 amide bonds. The zero-order valence-corrected chi connectivity index (χ0v) is 20.2. The molecule has 2 rings (SSSR count). The van der Waals surface area contributed by atoms with Crippen molar-refractivity contribution in [3.05, 3.63) is 71.8 Å². The van der Waals surface area contributed by atoms with E-state index in [0.29, 0.717) is 17.0 Å². The van der Waals surface area contributed by atoms with E-state index in [-0.39, 0.29) is 44.3 Å². The Balaban J connectivity index is 0.00000125. The number of rotatable bonds is 11. The van der Waals surface area contributed by atoms with Gasteiger partial charge in [0.05, 0.1) is 24.3 Å². The Kier molecular flexibility index (Phi) is 13.0. The van der Waals surface area contributed by atoms with Crippen LogP contribution in [0.1, 0.15) is 61.3 Å². The molecule has 0 aliphatic heterocycles. The normalized spacial score (nSPS) is 11.0. The predicted octanol–water partition coefficient (Wildman–Crippen LogP) is 4.75. The summed E-state index contributed by atoms with van der Waals surface area (Å²) < 4.78 is 11.4. The summed E-state index contributed by atoms with van der Waals surface area (Å²) in [5, 5.41) is 15.2. The second-order valence-corrected chi connectivity index (χ2v) is 8.78. The second-order valence-electron chi connectivity index (χ2n) is 8.78. The molecule has 0 saturated heterocycles. The van der Waals surface area contributed by atoms with E-state index in [1.54, 1.807) is 24.3 Å². The molecule has 33 heavy (non-hydrogen) atoms. The van der Waals surface area contributed by atoms with Gasteiger partial charge in [-0.15, -0.1) is 0 Å². The topological polar surface area (TPSA) is 93.1 Å². The third kappa shape index (κ3) is 10.2. The molecule has 0 radical (unpaired) electrons. The van der Waals surface area contributed by atoms with Crippen molar-refractivity contribution < 1.29 is 29.3 Å². The zero-order chi connectivity index (χ0) is 24.7. The van der Waals surface area contributed by atoms with E-state index in [1.165, 1.54) is 0 Å². The molecule has 0 bridgehead atoms. The number of hydrogen-bond donors (Lipinski definition) is 2. The lowest BCUT2D eigenvalue weighted by molar-refractivity contribution is -0.0304. The molecule has 0 unspecified atom stereocenters. The van der Waals surface area contributed by atoms with Crippen LogP contribution in [0.15, 0.2) is 60.7 Å². The molecule has 0 aliphatic rings. The average Bonchev–Trinajstić information content (AvgIpc) is 2.84. The van der Waals surface area contributed by atoms with Gasteiger partial charge in [-0.2, -0.15) is 0 Å². The van der Waals surface area contributed by atoms with Gasteiger partial charge in [0, 0.05) is 5.41 Å². The Morgan fingerprint density at radius 2 is 1.15 bits per heavy atom. The Morgan fingerprint density at radius 3 is 1.45 bits per heavy atom. The van der Waals surface area contributed by atoms with Gasteiger partial charge in [-0.25, -0.2) is 9.59 Å². The number of carbonyl (C=O) groups is 2. The van der Waals surface area contributed by atoms with Gasteiger partial charge in [0.2, 0.25) is 0 Å². The molecule has 0 fully saturated rings. The molecule has 0 spiro atoms. The van der Waals surface area contributed by atoms with Crippen LogP contribution in [0.3, 0.4) is 0 Å². The third-order valence-corrected chi connectivity index (χ3v) is 5.54. The van der Waals surface area contributed by atoms with Crippen molar-refractivity contribution in [1.29, 1.82) is 0 Å². The van der Waals surface area contributed by atoms with Crippen LogP contribution < -0.4 is 0 Å². The van der Waals surface area contributed by atoms with Crippen molar-refractivity contribution in [1.82, 2.24) is 0 Å².